The molecule has 0 aliphatic carbocycles. The molecule has 0 atom stereocenters. The first-order chi connectivity index (χ1) is 15.1. The van der Waals surface area contributed by atoms with E-state index in [9.17, 15) is 4.79 Å². The number of carbonyl (C=O) groups is 1. The summed E-state index contributed by atoms with van der Waals surface area (Å²) in [6.07, 6.45) is 3.66. The molecule has 1 aromatic heterocycles. The Labute approximate surface area is 189 Å². The zero-order valence-electron chi connectivity index (χ0n) is 16.5. The second-order valence-corrected chi connectivity index (χ2v) is 7.72. The minimum Gasteiger partial charge on any atom is -0.482 e. The molecule has 156 valence electrons. The monoisotopic (exact) mass is 451 g/mol. The molecule has 3 aromatic carbocycles. The summed E-state index contributed by atoms with van der Waals surface area (Å²) < 4.78 is 7.58. The minimum absolute atomic E-state index is 0.229. The Morgan fingerprint density at radius 3 is 2.65 bits per heavy atom. The molecule has 1 N–H and O–H groups in total. The molecular formula is C24H19Cl2N3O2. The molecule has 0 radical (unpaired) electrons. The number of carbonyl (C=O) groups excluding carboxylic acids is 1. The van der Waals surface area contributed by atoms with E-state index in [1.807, 2.05) is 42.6 Å². The largest absolute Gasteiger partial charge is 0.482 e. The van der Waals surface area contributed by atoms with Crippen LogP contribution in [0.5, 0.6) is 5.75 Å². The van der Waals surface area contributed by atoms with Crippen molar-refractivity contribution in [3.63, 3.8) is 0 Å². The van der Waals surface area contributed by atoms with Gasteiger partial charge in [-0.1, -0.05) is 71.7 Å². The van der Waals surface area contributed by atoms with Gasteiger partial charge in [-0.15, -0.1) is 0 Å². The number of benzene rings is 3. The quantitative estimate of drug-likeness (QED) is 0.296. The average Bonchev–Trinajstić information content (AvgIpc) is 3.12. The van der Waals surface area contributed by atoms with Crippen LogP contribution < -0.4 is 10.2 Å². The molecule has 1 heterocycles. The molecular weight excluding hydrogens is 433 g/mol. The molecule has 0 unspecified atom stereocenters. The molecule has 0 saturated carbocycles. The van der Waals surface area contributed by atoms with Crippen LogP contribution in [0.1, 0.15) is 11.1 Å². The molecule has 0 bridgehead atoms. The van der Waals surface area contributed by atoms with Gasteiger partial charge in [0.1, 0.15) is 5.75 Å². The summed E-state index contributed by atoms with van der Waals surface area (Å²) >= 11 is 12.0. The minimum atomic E-state index is -0.402. The second kappa shape index (κ2) is 9.69. The van der Waals surface area contributed by atoms with E-state index in [-0.39, 0.29) is 6.61 Å². The fourth-order valence-corrected chi connectivity index (χ4v) is 3.56. The molecule has 0 aliphatic heterocycles. The summed E-state index contributed by atoms with van der Waals surface area (Å²) in [5, 5.41) is 6.00. The number of fused-ring (bicyclic) bond motifs is 1. The van der Waals surface area contributed by atoms with E-state index < -0.39 is 5.91 Å². The number of rotatable bonds is 7. The molecule has 1 amide bonds. The number of hydrogen-bond acceptors (Lipinski definition) is 3. The molecule has 5 nitrogen and oxygen atoms in total. The first-order valence-corrected chi connectivity index (χ1v) is 10.4. The van der Waals surface area contributed by atoms with Crippen molar-refractivity contribution in [3.8, 4) is 5.75 Å². The van der Waals surface area contributed by atoms with Crippen LogP contribution in [0.2, 0.25) is 10.0 Å². The molecule has 31 heavy (non-hydrogen) atoms. The van der Waals surface area contributed by atoms with E-state index in [1.54, 1.807) is 24.4 Å². The lowest BCUT2D eigenvalue weighted by Gasteiger charge is -2.07. The van der Waals surface area contributed by atoms with Crippen molar-refractivity contribution in [2.45, 2.75) is 6.54 Å². The summed E-state index contributed by atoms with van der Waals surface area (Å²) in [4.78, 5) is 12.1. The molecule has 0 spiro atoms. The first-order valence-electron chi connectivity index (χ1n) is 9.62. The third kappa shape index (κ3) is 5.26. The number of para-hydroxylation sites is 1. The van der Waals surface area contributed by atoms with Crippen LogP contribution in [0.3, 0.4) is 0 Å². The molecule has 4 aromatic rings. The van der Waals surface area contributed by atoms with Gasteiger partial charge in [0.25, 0.3) is 5.91 Å². The SMILES string of the molecule is O=C(COc1cc(Cl)ccc1Cl)N/N=C\c1cn(Cc2ccccc2)c2ccccc12. The van der Waals surface area contributed by atoms with Gasteiger partial charge in [0.15, 0.2) is 6.61 Å². The standard InChI is InChI=1S/C24H19Cl2N3O2/c25-19-10-11-21(26)23(12-19)31-16-24(30)28-27-13-18-15-29(14-17-6-2-1-3-7-17)22-9-5-4-8-20(18)22/h1-13,15H,14,16H2,(H,28,30)/b27-13-. The van der Waals surface area contributed by atoms with Crippen LogP contribution in [-0.4, -0.2) is 23.3 Å². The lowest BCUT2D eigenvalue weighted by atomic mass is 10.2. The molecule has 0 saturated heterocycles. The van der Waals surface area contributed by atoms with Gasteiger partial charge in [-0.2, -0.15) is 5.10 Å². The van der Waals surface area contributed by atoms with Gasteiger partial charge in [-0.3, -0.25) is 4.79 Å². The summed E-state index contributed by atoms with van der Waals surface area (Å²) in [7, 11) is 0. The second-order valence-electron chi connectivity index (χ2n) is 6.87. The number of ether oxygens (including phenoxy) is 1. The van der Waals surface area contributed by atoms with Crippen LogP contribution in [0.25, 0.3) is 10.9 Å². The van der Waals surface area contributed by atoms with Crippen molar-refractivity contribution in [1.29, 1.82) is 0 Å². The van der Waals surface area contributed by atoms with Crippen molar-refractivity contribution in [3.05, 3.63) is 100 Å². The Bertz CT molecular complexity index is 1240. The maximum absolute atomic E-state index is 12.1. The highest BCUT2D eigenvalue weighted by Gasteiger charge is 2.08. The van der Waals surface area contributed by atoms with Gasteiger partial charge in [0.05, 0.1) is 11.2 Å². The van der Waals surface area contributed by atoms with Gasteiger partial charge in [0, 0.05) is 40.3 Å². The van der Waals surface area contributed by atoms with Crippen molar-refractivity contribution in [1.82, 2.24) is 9.99 Å². The molecule has 0 fully saturated rings. The van der Waals surface area contributed by atoms with Crippen LogP contribution in [0.15, 0.2) is 84.1 Å². The highest BCUT2D eigenvalue weighted by Crippen LogP contribution is 2.27. The fourth-order valence-electron chi connectivity index (χ4n) is 3.23. The van der Waals surface area contributed by atoms with Gasteiger partial charge >= 0.3 is 0 Å². The smallest absolute Gasteiger partial charge is 0.277 e. The van der Waals surface area contributed by atoms with Crippen LogP contribution >= 0.6 is 23.2 Å². The fraction of sp³-hybridized carbons (Fsp3) is 0.0833. The van der Waals surface area contributed by atoms with Crippen LogP contribution in [-0.2, 0) is 11.3 Å². The summed E-state index contributed by atoms with van der Waals surface area (Å²) in [5.74, 6) is -0.0578. The van der Waals surface area contributed by atoms with Crippen LogP contribution in [0, 0.1) is 0 Å². The highest BCUT2D eigenvalue weighted by atomic mass is 35.5. The number of aromatic nitrogens is 1. The molecule has 4 rings (SSSR count). The lowest BCUT2D eigenvalue weighted by molar-refractivity contribution is -0.123. The zero-order valence-corrected chi connectivity index (χ0v) is 18.0. The van der Waals surface area contributed by atoms with Gasteiger partial charge in [-0.05, 0) is 23.8 Å². The number of hydrogen-bond donors (Lipinski definition) is 1. The predicted octanol–water partition coefficient (Wildman–Crippen LogP) is 5.53. The Balaban J connectivity index is 1.43. The van der Waals surface area contributed by atoms with Gasteiger partial charge < -0.3 is 9.30 Å². The van der Waals surface area contributed by atoms with E-state index >= 15 is 0 Å². The van der Waals surface area contributed by atoms with Crippen LogP contribution in [0.4, 0.5) is 0 Å². The Hall–Kier alpha value is -3.28. The highest BCUT2D eigenvalue weighted by molar-refractivity contribution is 6.34. The maximum Gasteiger partial charge on any atom is 0.277 e. The van der Waals surface area contributed by atoms with Crippen molar-refractivity contribution in [2.75, 3.05) is 6.61 Å². The van der Waals surface area contributed by atoms with E-state index in [0.29, 0.717) is 15.8 Å². The third-order valence-electron chi connectivity index (χ3n) is 4.66. The Kier molecular flexibility index (Phi) is 6.55. The van der Waals surface area contributed by atoms with E-state index in [1.165, 1.54) is 5.56 Å². The van der Waals surface area contributed by atoms with E-state index in [2.05, 4.69) is 33.3 Å². The van der Waals surface area contributed by atoms with Gasteiger partial charge in [0.2, 0.25) is 0 Å². The predicted molar refractivity (Wildman–Crippen MR) is 125 cm³/mol. The number of halogens is 2. The van der Waals surface area contributed by atoms with E-state index in [4.69, 9.17) is 27.9 Å². The Morgan fingerprint density at radius 2 is 1.81 bits per heavy atom. The number of nitrogens with zero attached hydrogens (tertiary/aromatic N) is 2. The lowest BCUT2D eigenvalue weighted by Crippen LogP contribution is -2.24. The molecule has 7 heteroatoms. The van der Waals surface area contributed by atoms with E-state index in [0.717, 1.165) is 23.0 Å². The third-order valence-corrected chi connectivity index (χ3v) is 5.21. The number of amides is 1. The summed E-state index contributed by atoms with van der Waals surface area (Å²) in [6, 6.07) is 23.1. The zero-order chi connectivity index (χ0) is 21.6. The summed E-state index contributed by atoms with van der Waals surface area (Å²) in [6.45, 7) is 0.517. The van der Waals surface area contributed by atoms with Crippen molar-refractivity contribution < 1.29 is 9.53 Å². The Morgan fingerprint density at radius 1 is 1.03 bits per heavy atom. The summed E-state index contributed by atoms with van der Waals surface area (Å²) in [5.41, 5.74) is 5.69. The molecule has 0 aliphatic rings. The maximum atomic E-state index is 12.1. The number of hydrazone groups is 1. The average molecular weight is 452 g/mol. The van der Waals surface area contributed by atoms with Gasteiger partial charge in [-0.25, -0.2) is 5.43 Å². The van der Waals surface area contributed by atoms with Crippen molar-refractivity contribution in [2.24, 2.45) is 5.10 Å². The van der Waals surface area contributed by atoms with Crippen molar-refractivity contribution >= 4 is 46.2 Å². The number of nitrogens with one attached hydrogen (secondary N) is 1. The topological polar surface area (TPSA) is 55.6 Å². The first kappa shape index (κ1) is 21.0. The normalized spacial score (nSPS) is 11.2.